The van der Waals surface area contributed by atoms with Gasteiger partial charge in [-0.15, -0.1) is 0 Å². The highest BCUT2D eigenvalue weighted by molar-refractivity contribution is 5.87. The molecule has 0 aromatic heterocycles. The Bertz CT molecular complexity index is 1930. The van der Waals surface area contributed by atoms with E-state index in [4.69, 9.17) is 47.4 Å². The van der Waals surface area contributed by atoms with E-state index in [1.807, 2.05) is 51.1 Å². The molecule has 6 fully saturated rings. The third-order valence-electron chi connectivity index (χ3n) is 17.1. The first-order chi connectivity index (χ1) is 31.4. The van der Waals surface area contributed by atoms with Crippen LogP contribution in [0.3, 0.4) is 0 Å². The zero-order chi connectivity index (χ0) is 47.3. The van der Waals surface area contributed by atoms with Gasteiger partial charge in [0.15, 0.2) is 18.9 Å². The van der Waals surface area contributed by atoms with Crippen LogP contribution in [0.5, 0.6) is 0 Å². The zero-order valence-electron chi connectivity index (χ0n) is 40.2. The summed E-state index contributed by atoms with van der Waals surface area (Å²) in [4.78, 5) is 26.8. The van der Waals surface area contributed by atoms with Crippen molar-refractivity contribution in [2.45, 2.75) is 203 Å². The lowest BCUT2D eigenvalue weighted by atomic mass is 9.43. The van der Waals surface area contributed by atoms with Crippen molar-refractivity contribution >= 4 is 17.8 Å². The minimum absolute atomic E-state index is 0.0827. The van der Waals surface area contributed by atoms with Crippen LogP contribution >= 0.6 is 0 Å². The fourth-order valence-corrected chi connectivity index (χ4v) is 13.4. The second-order valence-corrected chi connectivity index (χ2v) is 20.6. The summed E-state index contributed by atoms with van der Waals surface area (Å²) in [7, 11) is 4.87. The van der Waals surface area contributed by atoms with Crippen molar-refractivity contribution in [1.29, 1.82) is 0 Å². The van der Waals surface area contributed by atoms with Crippen LogP contribution in [0.1, 0.15) is 111 Å². The summed E-state index contributed by atoms with van der Waals surface area (Å²) < 4.78 is 62.3. The first-order valence-electron chi connectivity index (χ1n) is 24.2. The molecule has 368 valence electrons. The molecule has 0 spiro atoms. The Balaban J connectivity index is 0.911. The molecule has 0 radical (unpaired) electrons. The SMILES string of the molecule is CO[C@@H]1C[C@H](O[C@@H]2[C@@H](C)O[C@@H](O[C@@H]3[C@@H](C)O[C@@H](O[C@H]4CC[C@@]5(C)C(=CC[C@]6(O)[C@@H]5C[C@@H](OC(=O)/C=C/c5ccccc5)[C@]5(C)[C@H](C(C)=O)CC[C@@]56O)C4)C[C@H]3OC)C[C@H]2OC)O[C@H](C)[C@H]1O. The van der Waals surface area contributed by atoms with Crippen molar-refractivity contribution in [1.82, 2.24) is 0 Å². The molecule has 0 amide bonds. The van der Waals surface area contributed by atoms with E-state index >= 15 is 0 Å². The quantitative estimate of drug-likeness (QED) is 0.126. The molecule has 4 aliphatic carbocycles. The molecule has 3 aliphatic heterocycles. The predicted octanol–water partition coefficient (Wildman–Crippen LogP) is 5.59. The molecule has 3 saturated heterocycles. The van der Waals surface area contributed by atoms with Gasteiger partial charge in [0.2, 0.25) is 0 Å². The molecule has 15 heteroatoms. The molecule has 0 bridgehead atoms. The van der Waals surface area contributed by atoms with Gasteiger partial charge in [-0.25, -0.2) is 4.79 Å². The van der Waals surface area contributed by atoms with E-state index in [0.29, 0.717) is 51.4 Å². The summed E-state index contributed by atoms with van der Waals surface area (Å²) in [5, 5.41) is 36.3. The third kappa shape index (κ3) is 8.91. The van der Waals surface area contributed by atoms with Crippen molar-refractivity contribution < 1.29 is 72.3 Å². The van der Waals surface area contributed by atoms with E-state index in [9.17, 15) is 24.9 Å². The van der Waals surface area contributed by atoms with E-state index in [-0.39, 0.29) is 36.9 Å². The number of esters is 1. The molecule has 0 unspecified atom stereocenters. The van der Waals surface area contributed by atoms with Gasteiger partial charge in [0.25, 0.3) is 0 Å². The Morgan fingerprint density at radius 2 is 1.33 bits per heavy atom. The maximum Gasteiger partial charge on any atom is 0.331 e. The lowest BCUT2D eigenvalue weighted by Crippen LogP contribution is -2.75. The number of ketones is 1. The zero-order valence-corrected chi connectivity index (χ0v) is 40.2. The highest BCUT2D eigenvalue weighted by Crippen LogP contribution is 2.70. The monoisotopic (exact) mass is 927 g/mol. The van der Waals surface area contributed by atoms with E-state index < -0.39 is 108 Å². The number of fused-ring (bicyclic) bond motifs is 5. The number of benzene rings is 1. The van der Waals surface area contributed by atoms with E-state index in [1.165, 1.54) is 13.0 Å². The fourth-order valence-electron chi connectivity index (χ4n) is 13.4. The van der Waals surface area contributed by atoms with Crippen LogP contribution < -0.4 is 0 Å². The van der Waals surface area contributed by atoms with Crippen LogP contribution in [0.2, 0.25) is 0 Å². The van der Waals surface area contributed by atoms with Crippen LogP contribution in [0.25, 0.3) is 6.08 Å². The number of carbonyl (C=O) groups is 2. The molecule has 15 nitrogen and oxygen atoms in total. The van der Waals surface area contributed by atoms with Gasteiger partial charge in [0.1, 0.15) is 41.4 Å². The molecule has 3 heterocycles. The lowest BCUT2D eigenvalue weighted by Gasteiger charge is -2.66. The Morgan fingerprint density at radius 3 is 1.92 bits per heavy atom. The minimum Gasteiger partial charge on any atom is -0.458 e. The molecular weight excluding hydrogens is 853 g/mol. The van der Waals surface area contributed by atoms with Crippen LogP contribution in [0, 0.1) is 22.7 Å². The third-order valence-corrected chi connectivity index (χ3v) is 17.1. The maximum atomic E-state index is 13.5. The van der Waals surface area contributed by atoms with Crippen molar-refractivity contribution in [2.75, 3.05) is 21.3 Å². The topological polar surface area (TPSA) is 187 Å². The predicted molar refractivity (Wildman–Crippen MR) is 239 cm³/mol. The van der Waals surface area contributed by atoms with Gasteiger partial charge >= 0.3 is 5.97 Å². The maximum absolute atomic E-state index is 13.5. The van der Waals surface area contributed by atoms with E-state index in [1.54, 1.807) is 34.3 Å². The largest absolute Gasteiger partial charge is 0.458 e. The summed E-state index contributed by atoms with van der Waals surface area (Å²) in [5.74, 6) is -1.66. The van der Waals surface area contributed by atoms with Crippen molar-refractivity contribution in [3.05, 3.63) is 53.6 Å². The van der Waals surface area contributed by atoms with Gasteiger partial charge in [-0.1, -0.05) is 55.8 Å². The van der Waals surface area contributed by atoms with Gasteiger partial charge in [0.05, 0.1) is 42.7 Å². The summed E-state index contributed by atoms with van der Waals surface area (Å²) in [6, 6.07) is 9.47. The average molecular weight is 927 g/mol. The Hall–Kier alpha value is -2.64. The molecule has 1 aromatic rings. The standard InChI is InChI=1S/C51H74O15/c1-28(52)35-19-22-51(56)49(35,6)40(64-41(53)16-15-32-13-11-10-12-14-32)27-39-48(5)20-18-34(23-33(48)17-21-50(39,51)55)63-42-25-37(58-8)46(30(3)61-42)66-44-26-38(59-9)47(31(4)62-44)65-43-24-36(57-7)45(54)29(2)60-43/h10-17,29-31,34-40,42-47,54-56H,18-27H2,1-9H3/b16-15+/t29-,30-,31-,34+,35+,36-,37-,38-,39-,40-,42+,43+,44+,45-,46-,47-,48+,49+,50+,51-/m1/s1. The van der Waals surface area contributed by atoms with Crippen LogP contribution in [0.15, 0.2) is 48.1 Å². The summed E-state index contributed by atoms with van der Waals surface area (Å²) in [6.45, 7) is 11.2. The number of aliphatic hydroxyl groups excluding tert-OH is 1. The summed E-state index contributed by atoms with van der Waals surface area (Å²) >= 11 is 0. The number of Topliss-reactive ketones (excluding diaryl/α,β-unsaturated/α-hetero) is 1. The minimum atomic E-state index is -1.67. The van der Waals surface area contributed by atoms with Crippen LogP contribution in [0.4, 0.5) is 0 Å². The van der Waals surface area contributed by atoms with Gasteiger partial charge in [0, 0.05) is 63.9 Å². The van der Waals surface area contributed by atoms with Gasteiger partial charge in [-0.3, -0.25) is 4.79 Å². The average Bonchev–Trinajstić information content (AvgIpc) is 3.59. The van der Waals surface area contributed by atoms with Crippen molar-refractivity contribution in [2.24, 2.45) is 22.7 Å². The Kier molecular flexibility index (Phi) is 14.8. The van der Waals surface area contributed by atoms with Gasteiger partial charge < -0.3 is 62.7 Å². The van der Waals surface area contributed by atoms with Crippen molar-refractivity contribution in [3.8, 4) is 0 Å². The molecule has 66 heavy (non-hydrogen) atoms. The van der Waals surface area contributed by atoms with E-state index in [0.717, 1.165) is 11.1 Å². The highest BCUT2D eigenvalue weighted by Gasteiger charge is 2.77. The van der Waals surface area contributed by atoms with Crippen LogP contribution in [-0.2, 0) is 57.0 Å². The summed E-state index contributed by atoms with van der Waals surface area (Å²) in [5.41, 5.74) is -2.95. The molecular formula is C51H74O15. The lowest BCUT2D eigenvalue weighted by molar-refractivity contribution is -0.338. The normalized spacial score (nSPS) is 47.1. The number of hydrogen-bond acceptors (Lipinski definition) is 15. The first-order valence-corrected chi connectivity index (χ1v) is 24.2. The van der Waals surface area contributed by atoms with Crippen LogP contribution in [-0.4, -0.2) is 146 Å². The molecule has 7 aliphatic rings. The number of methoxy groups -OCH3 is 3. The number of ether oxygens (including phenoxy) is 10. The second-order valence-electron chi connectivity index (χ2n) is 20.6. The molecule has 1 aromatic carbocycles. The fraction of sp³-hybridized carbons (Fsp3) is 0.765. The first kappa shape index (κ1) is 49.8. The number of rotatable bonds is 13. The Labute approximate surface area is 389 Å². The van der Waals surface area contributed by atoms with E-state index in [2.05, 4.69) is 13.0 Å². The second kappa shape index (κ2) is 19.6. The number of aliphatic hydroxyl groups is 3. The van der Waals surface area contributed by atoms with Gasteiger partial charge in [-0.05, 0) is 89.7 Å². The molecule has 8 rings (SSSR count). The Morgan fingerprint density at radius 1 is 0.758 bits per heavy atom. The highest BCUT2D eigenvalue weighted by atomic mass is 16.7. The smallest absolute Gasteiger partial charge is 0.331 e. The van der Waals surface area contributed by atoms with Crippen molar-refractivity contribution in [3.63, 3.8) is 0 Å². The summed E-state index contributed by atoms with van der Waals surface area (Å²) in [6.07, 6.45) is 2.69. The number of carbonyl (C=O) groups excluding carboxylic acids is 2. The molecule has 20 atom stereocenters. The molecule has 3 saturated carbocycles. The number of hydrogen-bond donors (Lipinski definition) is 3. The van der Waals surface area contributed by atoms with Gasteiger partial charge in [-0.2, -0.15) is 0 Å². The molecule has 3 N–H and O–H groups in total.